The minimum absolute atomic E-state index is 0.0445. The number of aliphatic hydroxyl groups is 1. The monoisotopic (exact) mass is 575 g/mol. The van der Waals surface area contributed by atoms with E-state index < -0.39 is 30.5 Å². The number of ether oxygens (including phenoxy) is 2. The summed E-state index contributed by atoms with van der Waals surface area (Å²) in [6, 6.07) is 6.20. The Balaban J connectivity index is 1.21. The highest BCUT2D eigenvalue weighted by atomic mass is 19.4. The summed E-state index contributed by atoms with van der Waals surface area (Å²) in [4.78, 5) is 28.8. The molecule has 0 aliphatic heterocycles. The highest BCUT2D eigenvalue weighted by Gasteiger charge is 2.54. The number of halogens is 3. The molecule has 0 saturated heterocycles. The van der Waals surface area contributed by atoms with E-state index in [1.165, 1.54) is 36.8 Å². The first-order chi connectivity index (χ1) is 19.2. The zero-order valence-electron chi connectivity index (χ0n) is 22.7. The highest BCUT2D eigenvalue weighted by Crippen LogP contribution is 2.56. The van der Waals surface area contributed by atoms with Gasteiger partial charge < -0.3 is 25.6 Å². The van der Waals surface area contributed by atoms with Crippen molar-refractivity contribution in [3.05, 3.63) is 53.5 Å². The molecule has 0 bridgehead atoms. The number of carbonyl (C=O) groups excluding carboxylic acids is 2. The molecule has 0 unspecified atom stereocenters. The maximum atomic E-state index is 13.1. The molecule has 0 aromatic carbocycles. The number of hydrogen-bond acceptors (Lipinski definition) is 7. The van der Waals surface area contributed by atoms with Crippen LogP contribution in [-0.4, -0.2) is 62.0 Å². The molecule has 0 radical (unpaired) electrons. The van der Waals surface area contributed by atoms with Crippen LogP contribution in [0.1, 0.15) is 72.4 Å². The van der Waals surface area contributed by atoms with E-state index in [1.54, 1.807) is 18.2 Å². The molecule has 5 rings (SSSR count). The number of aryl methyl sites for hydroxylation is 1. The van der Waals surface area contributed by atoms with Crippen LogP contribution in [0.15, 0.2) is 36.7 Å². The van der Waals surface area contributed by atoms with E-state index in [0.29, 0.717) is 5.52 Å². The molecule has 3 aromatic rings. The second-order valence-electron chi connectivity index (χ2n) is 11.7. The average molecular weight is 576 g/mol. The number of rotatable bonds is 10. The summed E-state index contributed by atoms with van der Waals surface area (Å²) in [5, 5.41) is 17.2. The number of nitrogens with two attached hydrogens (primary N) is 1. The lowest BCUT2D eigenvalue weighted by Gasteiger charge is -2.57. The van der Waals surface area contributed by atoms with Crippen LogP contribution in [0.3, 0.4) is 0 Å². The van der Waals surface area contributed by atoms with Crippen LogP contribution >= 0.6 is 0 Å². The number of aromatic nitrogens is 3. The Morgan fingerprint density at radius 2 is 1.90 bits per heavy atom. The first-order valence-electron chi connectivity index (χ1n) is 13.4. The van der Waals surface area contributed by atoms with Gasteiger partial charge in [0.2, 0.25) is 5.88 Å². The molecule has 3 aromatic heterocycles. The van der Waals surface area contributed by atoms with E-state index in [1.807, 2.05) is 0 Å². The van der Waals surface area contributed by atoms with Crippen LogP contribution in [0.2, 0.25) is 0 Å². The van der Waals surface area contributed by atoms with Gasteiger partial charge in [0.15, 0.2) is 0 Å². The molecule has 41 heavy (non-hydrogen) atoms. The zero-order valence-corrected chi connectivity index (χ0v) is 22.7. The van der Waals surface area contributed by atoms with E-state index in [-0.39, 0.29) is 58.5 Å². The van der Waals surface area contributed by atoms with E-state index in [9.17, 15) is 27.9 Å². The number of carbonyl (C=O) groups is 2. The number of nitrogens with one attached hydrogen (secondary N) is 1. The third kappa shape index (κ3) is 6.39. The van der Waals surface area contributed by atoms with Gasteiger partial charge in [0.05, 0.1) is 28.6 Å². The van der Waals surface area contributed by atoms with Crippen LogP contribution in [0.25, 0.3) is 5.52 Å². The molecular weight excluding hydrogens is 543 g/mol. The molecule has 13 heteroatoms. The van der Waals surface area contributed by atoms with Crippen molar-refractivity contribution in [3.8, 4) is 11.6 Å². The topological polar surface area (TPSA) is 141 Å². The largest absolute Gasteiger partial charge is 0.489 e. The molecule has 2 aliphatic rings. The van der Waals surface area contributed by atoms with Crippen LogP contribution in [0.4, 0.5) is 13.2 Å². The van der Waals surface area contributed by atoms with Gasteiger partial charge in [-0.2, -0.15) is 18.3 Å². The normalized spacial score (nSPS) is 22.2. The number of primary amides is 1. The van der Waals surface area contributed by atoms with Crippen molar-refractivity contribution in [1.29, 1.82) is 0 Å². The third-order valence-corrected chi connectivity index (χ3v) is 7.54. The predicted molar refractivity (Wildman–Crippen MR) is 141 cm³/mol. The van der Waals surface area contributed by atoms with Gasteiger partial charge >= 0.3 is 6.18 Å². The molecule has 1 spiro atoms. The summed E-state index contributed by atoms with van der Waals surface area (Å²) in [5.74, 6) is -0.583. The summed E-state index contributed by atoms with van der Waals surface area (Å²) in [6.07, 6.45) is -0.0614. The van der Waals surface area contributed by atoms with Gasteiger partial charge in [-0.25, -0.2) is 9.50 Å². The average Bonchev–Trinajstić information content (AvgIpc) is 3.27. The minimum Gasteiger partial charge on any atom is -0.489 e. The van der Waals surface area contributed by atoms with Crippen molar-refractivity contribution in [2.24, 2.45) is 11.1 Å². The van der Waals surface area contributed by atoms with Crippen LogP contribution in [0.5, 0.6) is 11.6 Å². The van der Waals surface area contributed by atoms with Crippen molar-refractivity contribution in [2.75, 3.05) is 6.61 Å². The van der Waals surface area contributed by atoms with E-state index in [4.69, 9.17) is 15.2 Å². The molecule has 3 heterocycles. The Labute approximate surface area is 234 Å². The third-order valence-electron chi connectivity index (χ3n) is 7.54. The molecular formula is C28H32F3N5O5. The number of alkyl halides is 3. The molecule has 2 aliphatic carbocycles. The van der Waals surface area contributed by atoms with Crippen LogP contribution < -0.4 is 20.5 Å². The smallest absolute Gasteiger partial charge is 0.389 e. The maximum absolute atomic E-state index is 13.1. The predicted octanol–water partition coefficient (Wildman–Crippen LogP) is 3.59. The minimum atomic E-state index is -4.39. The van der Waals surface area contributed by atoms with Crippen LogP contribution in [-0.2, 0) is 6.42 Å². The Bertz CT molecular complexity index is 1450. The number of pyridine rings is 2. The van der Waals surface area contributed by atoms with Gasteiger partial charge in [-0.05, 0) is 69.2 Å². The molecule has 220 valence electrons. The highest BCUT2D eigenvalue weighted by molar-refractivity contribution is 6.01. The summed E-state index contributed by atoms with van der Waals surface area (Å²) < 4.78 is 52.0. The lowest BCUT2D eigenvalue weighted by atomic mass is 9.53. The van der Waals surface area contributed by atoms with Crippen molar-refractivity contribution in [3.63, 3.8) is 0 Å². The number of amides is 2. The fraction of sp³-hybridized carbons (Fsp3) is 0.500. The van der Waals surface area contributed by atoms with Crippen molar-refractivity contribution >= 4 is 17.3 Å². The fourth-order valence-corrected chi connectivity index (χ4v) is 5.64. The maximum Gasteiger partial charge on any atom is 0.389 e. The van der Waals surface area contributed by atoms with Gasteiger partial charge in [0, 0.05) is 25.1 Å². The van der Waals surface area contributed by atoms with Crippen molar-refractivity contribution in [1.82, 2.24) is 19.9 Å². The second-order valence-corrected chi connectivity index (χ2v) is 11.7. The first kappa shape index (κ1) is 28.7. The van der Waals surface area contributed by atoms with Gasteiger partial charge in [-0.15, -0.1) is 0 Å². The Morgan fingerprint density at radius 3 is 2.56 bits per heavy atom. The molecule has 10 nitrogen and oxygen atoms in total. The Morgan fingerprint density at radius 1 is 1.17 bits per heavy atom. The second kappa shape index (κ2) is 10.5. The summed E-state index contributed by atoms with van der Waals surface area (Å²) in [7, 11) is 0. The van der Waals surface area contributed by atoms with E-state index in [0.717, 1.165) is 25.7 Å². The van der Waals surface area contributed by atoms with Gasteiger partial charge in [-0.3, -0.25) is 9.59 Å². The Kier molecular flexibility index (Phi) is 7.35. The fourth-order valence-electron chi connectivity index (χ4n) is 5.64. The molecule has 2 fully saturated rings. The van der Waals surface area contributed by atoms with E-state index >= 15 is 0 Å². The Hall–Kier alpha value is -3.87. The van der Waals surface area contributed by atoms with Crippen molar-refractivity contribution < 1.29 is 37.3 Å². The van der Waals surface area contributed by atoms with Gasteiger partial charge in [-0.1, -0.05) is 0 Å². The lowest BCUT2D eigenvalue weighted by molar-refractivity contribution is -0.134. The molecule has 4 N–H and O–H groups in total. The quantitative estimate of drug-likeness (QED) is 0.336. The van der Waals surface area contributed by atoms with E-state index in [2.05, 4.69) is 15.4 Å². The van der Waals surface area contributed by atoms with Gasteiger partial charge in [0.25, 0.3) is 11.8 Å². The van der Waals surface area contributed by atoms with Crippen LogP contribution in [0, 0.1) is 5.41 Å². The van der Waals surface area contributed by atoms with Crippen molar-refractivity contribution in [2.45, 2.75) is 76.3 Å². The standard InChI is InChI=1S/C28H32F3N5O5/c1-26(2,39)15-40-22-6-5-20-19(14-34-36(20)21(22)7-8-28(29,30)31)24(38)35-16-10-27(11-16)12-17(13-27)41-25-18(23(32)37)4-3-9-33-25/h3-6,9,14,16-17,39H,7-8,10-13,15H2,1-2H3,(H2,32,37)(H,35,38). The zero-order chi connectivity index (χ0) is 29.6. The number of hydrogen-bond donors (Lipinski definition) is 3. The molecule has 0 atom stereocenters. The molecule has 2 saturated carbocycles. The summed E-state index contributed by atoms with van der Waals surface area (Å²) >= 11 is 0. The number of nitrogens with zero attached hydrogens (tertiary/aromatic N) is 3. The van der Waals surface area contributed by atoms with Gasteiger partial charge in [0.1, 0.15) is 24.0 Å². The lowest BCUT2D eigenvalue weighted by Crippen LogP contribution is -2.58. The molecule has 2 amide bonds. The first-order valence-corrected chi connectivity index (χ1v) is 13.4. The SMILES string of the molecule is CC(C)(O)COc1ccc2c(C(=O)NC3CC4(C3)CC(Oc3ncccc3C(N)=O)C4)cnn2c1CCC(F)(F)F. The summed E-state index contributed by atoms with van der Waals surface area (Å²) in [6.45, 7) is 2.92. The summed E-state index contributed by atoms with van der Waals surface area (Å²) in [5.41, 5.74) is 5.25. The number of fused-ring (bicyclic) bond motifs is 1.